The van der Waals surface area contributed by atoms with Crippen LogP contribution in [0.15, 0.2) is 24.3 Å². The van der Waals surface area contributed by atoms with Crippen LogP contribution in [0.1, 0.15) is 31.9 Å². The Kier molecular flexibility index (Phi) is 9.54. The van der Waals surface area contributed by atoms with Crippen molar-refractivity contribution >= 4 is 11.8 Å². The van der Waals surface area contributed by atoms with E-state index in [1.807, 2.05) is 24.8 Å². The Morgan fingerprint density at radius 2 is 2.05 bits per heavy atom. The minimum atomic E-state index is 0.343. The van der Waals surface area contributed by atoms with Gasteiger partial charge in [0.1, 0.15) is 5.75 Å². The van der Waals surface area contributed by atoms with E-state index in [2.05, 4.69) is 30.4 Å². The molecule has 4 heteroatoms. The summed E-state index contributed by atoms with van der Waals surface area (Å²) in [5.41, 5.74) is 1.26. The molecule has 0 saturated carbocycles. The molecule has 1 atom stereocenters. The van der Waals surface area contributed by atoms with Crippen molar-refractivity contribution in [1.29, 1.82) is 0 Å². The predicted molar refractivity (Wildman–Crippen MR) is 87.8 cm³/mol. The van der Waals surface area contributed by atoms with Gasteiger partial charge in [0.15, 0.2) is 0 Å². The molecule has 20 heavy (non-hydrogen) atoms. The average molecular weight is 297 g/mol. The first-order chi connectivity index (χ1) is 9.83. The Morgan fingerprint density at radius 1 is 1.25 bits per heavy atom. The molecule has 0 amide bonds. The van der Waals surface area contributed by atoms with E-state index in [-0.39, 0.29) is 0 Å². The fourth-order valence-electron chi connectivity index (χ4n) is 2.07. The van der Waals surface area contributed by atoms with Crippen molar-refractivity contribution in [2.75, 3.05) is 38.4 Å². The van der Waals surface area contributed by atoms with E-state index in [1.165, 1.54) is 5.56 Å². The van der Waals surface area contributed by atoms with Crippen LogP contribution in [-0.4, -0.2) is 38.4 Å². The number of ether oxygens (including phenoxy) is 2. The molecule has 0 spiro atoms. The highest BCUT2D eigenvalue weighted by Gasteiger charge is 2.14. The number of hydrogen-bond acceptors (Lipinski definition) is 4. The van der Waals surface area contributed by atoms with Crippen molar-refractivity contribution in [2.24, 2.45) is 0 Å². The highest BCUT2D eigenvalue weighted by Crippen LogP contribution is 2.27. The molecule has 1 N–H and O–H groups in total. The molecular formula is C16H27NO2S. The van der Waals surface area contributed by atoms with Gasteiger partial charge in [-0.1, -0.05) is 25.1 Å². The molecule has 0 aliphatic rings. The molecule has 0 radical (unpaired) electrons. The smallest absolute Gasteiger partial charge is 0.124 e. The maximum Gasteiger partial charge on any atom is 0.124 e. The van der Waals surface area contributed by atoms with Gasteiger partial charge >= 0.3 is 0 Å². The first-order valence-corrected chi connectivity index (χ1v) is 8.50. The summed E-state index contributed by atoms with van der Waals surface area (Å²) in [5.74, 6) is 3.19. The minimum absolute atomic E-state index is 0.343. The SMILES string of the molecule is CCNC(CSCCCOC)c1ccccc1OCC. The van der Waals surface area contributed by atoms with Crippen LogP contribution in [0.5, 0.6) is 5.75 Å². The number of hydrogen-bond donors (Lipinski definition) is 1. The number of nitrogens with one attached hydrogen (secondary N) is 1. The average Bonchev–Trinajstić information content (AvgIpc) is 2.47. The number of thioether (sulfide) groups is 1. The molecule has 0 heterocycles. The maximum absolute atomic E-state index is 5.74. The van der Waals surface area contributed by atoms with E-state index < -0.39 is 0 Å². The lowest BCUT2D eigenvalue weighted by atomic mass is 10.1. The van der Waals surface area contributed by atoms with Crippen molar-refractivity contribution in [2.45, 2.75) is 26.3 Å². The number of para-hydroxylation sites is 1. The first-order valence-electron chi connectivity index (χ1n) is 7.35. The summed E-state index contributed by atoms with van der Waals surface area (Å²) in [4.78, 5) is 0. The van der Waals surface area contributed by atoms with Crippen LogP contribution in [0.2, 0.25) is 0 Å². The van der Waals surface area contributed by atoms with Crippen LogP contribution in [0.25, 0.3) is 0 Å². The van der Waals surface area contributed by atoms with E-state index in [0.717, 1.165) is 36.8 Å². The van der Waals surface area contributed by atoms with Crippen LogP contribution in [-0.2, 0) is 4.74 Å². The summed E-state index contributed by atoms with van der Waals surface area (Å²) in [6.45, 7) is 6.68. The van der Waals surface area contributed by atoms with Gasteiger partial charge in [-0.25, -0.2) is 0 Å². The summed E-state index contributed by atoms with van der Waals surface area (Å²) in [7, 11) is 1.75. The minimum Gasteiger partial charge on any atom is -0.494 e. The molecule has 0 fully saturated rings. The molecule has 1 aromatic rings. The third-order valence-electron chi connectivity index (χ3n) is 2.97. The summed E-state index contributed by atoms with van der Waals surface area (Å²) in [5, 5.41) is 3.56. The maximum atomic E-state index is 5.74. The second kappa shape index (κ2) is 11.0. The van der Waals surface area contributed by atoms with E-state index in [1.54, 1.807) is 7.11 Å². The predicted octanol–water partition coefficient (Wildman–Crippen LogP) is 3.51. The van der Waals surface area contributed by atoms with Crippen molar-refractivity contribution < 1.29 is 9.47 Å². The van der Waals surface area contributed by atoms with Crippen LogP contribution in [0.4, 0.5) is 0 Å². The lowest BCUT2D eigenvalue weighted by molar-refractivity contribution is 0.200. The largest absolute Gasteiger partial charge is 0.494 e. The Morgan fingerprint density at radius 3 is 2.75 bits per heavy atom. The van der Waals surface area contributed by atoms with Gasteiger partial charge in [0, 0.05) is 31.1 Å². The molecule has 1 rings (SSSR count). The molecule has 0 aliphatic carbocycles. The summed E-state index contributed by atoms with van der Waals surface area (Å²) < 4.78 is 10.8. The van der Waals surface area contributed by atoms with Gasteiger partial charge in [-0.15, -0.1) is 0 Å². The zero-order valence-electron chi connectivity index (χ0n) is 12.9. The molecule has 1 aromatic carbocycles. The third-order valence-corrected chi connectivity index (χ3v) is 4.11. The van der Waals surface area contributed by atoms with Crippen LogP contribution >= 0.6 is 11.8 Å². The van der Waals surface area contributed by atoms with E-state index in [0.29, 0.717) is 12.6 Å². The third kappa shape index (κ3) is 6.16. The van der Waals surface area contributed by atoms with Crippen LogP contribution in [0, 0.1) is 0 Å². The zero-order chi connectivity index (χ0) is 14.6. The molecule has 3 nitrogen and oxygen atoms in total. The summed E-state index contributed by atoms with van der Waals surface area (Å²) in [6.07, 6.45) is 1.10. The number of methoxy groups -OCH3 is 1. The van der Waals surface area contributed by atoms with Gasteiger partial charge < -0.3 is 14.8 Å². The van der Waals surface area contributed by atoms with Crippen molar-refractivity contribution in [3.05, 3.63) is 29.8 Å². The lowest BCUT2D eigenvalue weighted by Crippen LogP contribution is -2.23. The first kappa shape index (κ1) is 17.3. The van der Waals surface area contributed by atoms with Crippen molar-refractivity contribution in [3.8, 4) is 5.75 Å². The van der Waals surface area contributed by atoms with Crippen LogP contribution < -0.4 is 10.1 Å². The molecule has 0 bridgehead atoms. The van der Waals surface area contributed by atoms with Gasteiger partial charge in [0.2, 0.25) is 0 Å². The number of rotatable bonds is 11. The number of benzene rings is 1. The van der Waals surface area contributed by atoms with Gasteiger partial charge in [-0.05, 0) is 31.7 Å². The Bertz CT molecular complexity index is 360. The second-order valence-corrected chi connectivity index (χ2v) is 5.65. The normalized spacial score (nSPS) is 12.3. The molecule has 0 aliphatic heterocycles. The summed E-state index contributed by atoms with van der Waals surface area (Å²) in [6, 6.07) is 8.67. The van der Waals surface area contributed by atoms with Gasteiger partial charge in [0.05, 0.1) is 6.61 Å². The zero-order valence-corrected chi connectivity index (χ0v) is 13.7. The standard InChI is InChI=1S/C16H27NO2S/c1-4-17-15(13-20-12-8-11-18-3)14-9-6-7-10-16(14)19-5-2/h6-7,9-10,15,17H,4-5,8,11-13H2,1-3H3. The second-order valence-electron chi connectivity index (χ2n) is 4.50. The highest BCUT2D eigenvalue weighted by molar-refractivity contribution is 7.99. The van der Waals surface area contributed by atoms with Crippen molar-refractivity contribution in [3.63, 3.8) is 0 Å². The molecule has 1 unspecified atom stereocenters. The Balaban J connectivity index is 2.60. The van der Waals surface area contributed by atoms with Gasteiger partial charge in [0.25, 0.3) is 0 Å². The quantitative estimate of drug-likeness (QED) is 0.633. The fourth-order valence-corrected chi connectivity index (χ4v) is 3.09. The summed E-state index contributed by atoms with van der Waals surface area (Å²) >= 11 is 1.96. The van der Waals surface area contributed by atoms with E-state index >= 15 is 0 Å². The van der Waals surface area contributed by atoms with Crippen molar-refractivity contribution in [1.82, 2.24) is 5.32 Å². The Hall–Kier alpha value is -0.710. The van der Waals surface area contributed by atoms with Crippen LogP contribution in [0.3, 0.4) is 0 Å². The van der Waals surface area contributed by atoms with E-state index in [4.69, 9.17) is 9.47 Å². The van der Waals surface area contributed by atoms with Gasteiger partial charge in [-0.2, -0.15) is 11.8 Å². The highest BCUT2D eigenvalue weighted by atomic mass is 32.2. The lowest BCUT2D eigenvalue weighted by Gasteiger charge is -2.21. The topological polar surface area (TPSA) is 30.5 Å². The molecular weight excluding hydrogens is 270 g/mol. The van der Waals surface area contributed by atoms with E-state index in [9.17, 15) is 0 Å². The molecule has 0 aromatic heterocycles. The fraction of sp³-hybridized carbons (Fsp3) is 0.625. The molecule has 114 valence electrons. The monoisotopic (exact) mass is 297 g/mol. The van der Waals surface area contributed by atoms with Gasteiger partial charge in [-0.3, -0.25) is 0 Å². The Labute approximate surface area is 127 Å². The molecule has 0 saturated heterocycles.